The minimum absolute atomic E-state index is 0.0951. The lowest BCUT2D eigenvalue weighted by Crippen LogP contribution is -2.73. The topological polar surface area (TPSA) is 130 Å². The van der Waals surface area contributed by atoms with Crippen LogP contribution in [0.1, 0.15) is 61.4 Å². The minimum atomic E-state index is -0.997. The van der Waals surface area contributed by atoms with Gasteiger partial charge in [0.05, 0.1) is 0 Å². The van der Waals surface area contributed by atoms with E-state index in [-0.39, 0.29) is 30.2 Å². The number of ether oxygens (including phenoxy) is 2. The van der Waals surface area contributed by atoms with Gasteiger partial charge >= 0.3 is 6.09 Å². The zero-order valence-corrected chi connectivity index (χ0v) is 26.2. The molecule has 11 heteroatoms. The van der Waals surface area contributed by atoms with Crippen LogP contribution in [0.2, 0.25) is 0 Å². The second-order valence-electron chi connectivity index (χ2n) is 11.6. The lowest BCUT2D eigenvalue weighted by Gasteiger charge is -2.51. The van der Waals surface area contributed by atoms with Gasteiger partial charge in [0.1, 0.15) is 29.5 Å². The van der Waals surface area contributed by atoms with Crippen molar-refractivity contribution in [3.8, 4) is 11.6 Å². The second-order valence-corrected chi connectivity index (χ2v) is 11.6. The smallest absolute Gasteiger partial charge is 0.407 e. The number of piperazine rings is 1. The van der Waals surface area contributed by atoms with Crippen LogP contribution in [0, 0.1) is 0 Å². The molecule has 1 aromatic heterocycles. The number of nitrogens with zero attached hydrogens (tertiary/aromatic N) is 3. The van der Waals surface area contributed by atoms with E-state index in [4.69, 9.17) is 9.47 Å². The van der Waals surface area contributed by atoms with Crippen molar-refractivity contribution in [2.75, 3.05) is 26.2 Å². The quantitative estimate of drug-likeness (QED) is 0.279. The molecule has 5 rings (SSSR count). The number of likely N-dealkylation sites (tertiary alicyclic amines) is 1. The third-order valence-corrected chi connectivity index (χ3v) is 8.49. The van der Waals surface area contributed by atoms with Crippen molar-refractivity contribution < 1.29 is 28.7 Å². The predicted molar refractivity (Wildman–Crippen MR) is 171 cm³/mol. The van der Waals surface area contributed by atoms with Crippen LogP contribution in [-0.4, -0.2) is 76.4 Å². The van der Waals surface area contributed by atoms with E-state index < -0.39 is 17.7 Å². The third-order valence-electron chi connectivity index (χ3n) is 8.49. The van der Waals surface area contributed by atoms with Gasteiger partial charge in [-0.3, -0.25) is 14.4 Å². The summed E-state index contributed by atoms with van der Waals surface area (Å²) in [5.74, 6) is 0.304. The predicted octanol–water partition coefficient (Wildman–Crippen LogP) is 4.68. The number of benzene rings is 2. The molecule has 1 spiro atoms. The van der Waals surface area contributed by atoms with E-state index in [2.05, 4.69) is 15.6 Å². The Morgan fingerprint density at radius 2 is 1.70 bits per heavy atom. The standard InChI is InChI=1S/C35H41N5O6/c1-2-22-40-32(42)29(17-9-10-20-37-34(44)45-25-26-12-5-3-6-13-26)38-33(43)35(40)18-23-39(24-19-35)31(41)28-16-11-21-36-30(28)46-27-14-7-4-8-15-27/h3-8,11-16,21,29H,2,9-10,17-20,22-25H2,1H3,(H,37,44)(H,38,43)/t29-/m0/s1. The van der Waals surface area contributed by atoms with Crippen molar-refractivity contribution >= 4 is 23.8 Å². The normalized spacial score (nSPS) is 17.4. The van der Waals surface area contributed by atoms with Crippen LogP contribution < -0.4 is 15.4 Å². The number of rotatable bonds is 12. The first-order valence-electron chi connectivity index (χ1n) is 16.0. The Bertz CT molecular complexity index is 1490. The Hall–Kier alpha value is -4.93. The molecule has 2 aliphatic heterocycles. The van der Waals surface area contributed by atoms with Crippen molar-refractivity contribution in [2.45, 2.75) is 63.6 Å². The fraction of sp³-hybridized carbons (Fsp3) is 0.400. The highest BCUT2D eigenvalue weighted by atomic mass is 16.5. The summed E-state index contributed by atoms with van der Waals surface area (Å²) in [6.07, 6.45) is 4.23. The van der Waals surface area contributed by atoms with Crippen LogP contribution in [0.5, 0.6) is 11.6 Å². The Balaban J connectivity index is 1.13. The Morgan fingerprint density at radius 1 is 0.978 bits per heavy atom. The molecule has 3 aromatic rings. The molecular formula is C35H41N5O6. The van der Waals surface area contributed by atoms with Gasteiger partial charge in [-0.1, -0.05) is 55.5 Å². The van der Waals surface area contributed by atoms with E-state index in [0.717, 1.165) is 5.56 Å². The zero-order chi connectivity index (χ0) is 32.4. The van der Waals surface area contributed by atoms with E-state index >= 15 is 0 Å². The summed E-state index contributed by atoms with van der Waals surface area (Å²) in [6, 6.07) is 21.4. The number of alkyl carbamates (subject to hydrolysis) is 1. The summed E-state index contributed by atoms with van der Waals surface area (Å²) < 4.78 is 11.1. The molecule has 4 amide bonds. The Labute approximate surface area is 269 Å². The molecule has 0 unspecified atom stereocenters. The van der Waals surface area contributed by atoms with Crippen molar-refractivity contribution in [1.82, 2.24) is 25.4 Å². The van der Waals surface area contributed by atoms with Gasteiger partial charge in [0.15, 0.2) is 0 Å². The molecule has 0 bridgehead atoms. The van der Waals surface area contributed by atoms with Crippen LogP contribution in [0.25, 0.3) is 0 Å². The fourth-order valence-corrected chi connectivity index (χ4v) is 6.04. The molecule has 46 heavy (non-hydrogen) atoms. The fourth-order valence-electron chi connectivity index (χ4n) is 6.04. The number of hydrogen-bond acceptors (Lipinski definition) is 7. The van der Waals surface area contributed by atoms with Gasteiger partial charge < -0.3 is 29.9 Å². The van der Waals surface area contributed by atoms with Gasteiger partial charge in [-0.15, -0.1) is 0 Å². The first-order chi connectivity index (χ1) is 22.4. The highest BCUT2D eigenvalue weighted by Crippen LogP contribution is 2.35. The monoisotopic (exact) mass is 627 g/mol. The number of aromatic nitrogens is 1. The summed E-state index contributed by atoms with van der Waals surface area (Å²) in [6.45, 7) is 3.68. The number of pyridine rings is 1. The average Bonchev–Trinajstić information content (AvgIpc) is 3.09. The summed E-state index contributed by atoms with van der Waals surface area (Å²) in [5.41, 5.74) is 0.255. The number of hydrogen-bond donors (Lipinski definition) is 2. The molecule has 2 saturated heterocycles. The summed E-state index contributed by atoms with van der Waals surface area (Å²) in [5, 5.41) is 5.73. The van der Waals surface area contributed by atoms with Gasteiger partial charge in [-0.2, -0.15) is 0 Å². The average molecular weight is 628 g/mol. The van der Waals surface area contributed by atoms with Gasteiger partial charge in [-0.05, 0) is 68.4 Å². The highest BCUT2D eigenvalue weighted by molar-refractivity contribution is 6.01. The van der Waals surface area contributed by atoms with Crippen LogP contribution >= 0.6 is 0 Å². The molecule has 1 atom stereocenters. The van der Waals surface area contributed by atoms with Crippen molar-refractivity contribution in [2.24, 2.45) is 0 Å². The van der Waals surface area contributed by atoms with Gasteiger partial charge in [-0.25, -0.2) is 9.78 Å². The number of carbonyl (C=O) groups is 4. The van der Waals surface area contributed by atoms with Crippen LogP contribution in [0.15, 0.2) is 79.0 Å². The number of para-hydroxylation sites is 1. The molecule has 0 saturated carbocycles. The van der Waals surface area contributed by atoms with Crippen molar-refractivity contribution in [1.29, 1.82) is 0 Å². The lowest BCUT2D eigenvalue weighted by molar-refractivity contribution is -0.161. The third kappa shape index (κ3) is 7.64. The number of piperidine rings is 1. The van der Waals surface area contributed by atoms with E-state index in [1.165, 1.54) is 0 Å². The molecule has 0 radical (unpaired) electrons. The second kappa shape index (κ2) is 15.4. The lowest BCUT2D eigenvalue weighted by atomic mass is 9.81. The van der Waals surface area contributed by atoms with E-state index in [0.29, 0.717) is 76.0 Å². The van der Waals surface area contributed by atoms with E-state index in [1.807, 2.05) is 55.5 Å². The number of nitrogens with one attached hydrogen (secondary N) is 2. The molecule has 11 nitrogen and oxygen atoms in total. The van der Waals surface area contributed by atoms with Gasteiger partial charge in [0, 0.05) is 32.4 Å². The van der Waals surface area contributed by atoms with Gasteiger partial charge in [0.25, 0.3) is 5.91 Å². The zero-order valence-electron chi connectivity index (χ0n) is 26.2. The first kappa shape index (κ1) is 32.5. The summed E-state index contributed by atoms with van der Waals surface area (Å²) in [7, 11) is 0. The molecule has 2 fully saturated rings. The van der Waals surface area contributed by atoms with E-state index in [1.54, 1.807) is 40.3 Å². The van der Waals surface area contributed by atoms with Crippen LogP contribution in [0.4, 0.5) is 4.79 Å². The Morgan fingerprint density at radius 3 is 2.41 bits per heavy atom. The molecule has 2 N–H and O–H groups in total. The van der Waals surface area contributed by atoms with Crippen LogP contribution in [-0.2, 0) is 20.9 Å². The number of unbranched alkanes of at least 4 members (excludes halogenated alkanes) is 1. The summed E-state index contributed by atoms with van der Waals surface area (Å²) >= 11 is 0. The number of carbonyl (C=O) groups excluding carboxylic acids is 4. The molecule has 242 valence electrons. The summed E-state index contributed by atoms with van der Waals surface area (Å²) in [4.78, 5) is 60.7. The van der Waals surface area contributed by atoms with Crippen molar-refractivity contribution in [3.63, 3.8) is 0 Å². The van der Waals surface area contributed by atoms with E-state index in [9.17, 15) is 19.2 Å². The van der Waals surface area contributed by atoms with Crippen molar-refractivity contribution in [3.05, 3.63) is 90.1 Å². The molecular weight excluding hydrogens is 586 g/mol. The van der Waals surface area contributed by atoms with Gasteiger partial charge in [0.2, 0.25) is 17.7 Å². The molecule has 2 aliphatic rings. The first-order valence-corrected chi connectivity index (χ1v) is 16.0. The van der Waals surface area contributed by atoms with Crippen LogP contribution in [0.3, 0.4) is 0 Å². The maximum atomic E-state index is 13.7. The highest BCUT2D eigenvalue weighted by Gasteiger charge is 2.53. The largest absolute Gasteiger partial charge is 0.445 e. The minimum Gasteiger partial charge on any atom is -0.445 e. The number of amides is 4. The molecule has 3 heterocycles. The molecule has 0 aliphatic carbocycles. The SMILES string of the molecule is CCCN1C(=O)[C@H](CCCCNC(=O)OCc2ccccc2)NC(=O)C12CCN(C(=O)c1cccnc1Oc1ccccc1)CC2. The molecule has 2 aromatic carbocycles. The maximum Gasteiger partial charge on any atom is 0.407 e. The maximum absolute atomic E-state index is 13.7. The Kier molecular flexibility index (Phi) is 10.9.